The number of nitro benzene ring substituents is 1. The topological polar surface area (TPSA) is 131 Å². The molecule has 1 rings (SSSR count). The van der Waals surface area contributed by atoms with E-state index in [0.717, 1.165) is 6.07 Å². The number of non-ortho nitro benzene ring substituents is 1. The van der Waals surface area contributed by atoms with E-state index in [4.69, 9.17) is 4.74 Å². The third-order valence-electron chi connectivity index (χ3n) is 2.56. The second-order valence-corrected chi connectivity index (χ2v) is 4.04. The van der Waals surface area contributed by atoms with Crippen molar-refractivity contribution in [1.29, 1.82) is 0 Å². The number of carbonyl (C=O) groups excluding carboxylic acids is 2. The first kappa shape index (κ1) is 16.4. The first-order valence-corrected chi connectivity index (χ1v) is 5.96. The minimum atomic E-state index is -1.02. The summed E-state index contributed by atoms with van der Waals surface area (Å²) in [5, 5.41) is 24.1. The molecule has 1 atom stereocenters. The summed E-state index contributed by atoms with van der Waals surface area (Å²) in [5.74, 6) is -0.556. The average molecular weight is 297 g/mol. The molecule has 114 valence electrons. The van der Waals surface area contributed by atoms with Gasteiger partial charge in [-0.1, -0.05) is 0 Å². The van der Waals surface area contributed by atoms with Crippen LogP contribution >= 0.6 is 0 Å². The highest BCUT2D eigenvalue weighted by Gasteiger charge is 2.19. The third kappa shape index (κ3) is 4.42. The lowest BCUT2D eigenvalue weighted by Crippen LogP contribution is -2.44. The molecule has 9 nitrogen and oxygen atoms in total. The fourth-order valence-corrected chi connectivity index (χ4v) is 1.44. The summed E-state index contributed by atoms with van der Waals surface area (Å²) in [6.45, 7) is 0.918. The molecule has 9 heteroatoms. The Labute approximate surface area is 120 Å². The van der Waals surface area contributed by atoms with E-state index in [1.165, 1.54) is 26.1 Å². The Bertz CT molecular complexity index is 560. The van der Waals surface area contributed by atoms with Crippen molar-refractivity contribution in [1.82, 2.24) is 10.6 Å². The number of aliphatic hydroxyl groups excluding tert-OH is 1. The van der Waals surface area contributed by atoms with Gasteiger partial charge in [0.2, 0.25) is 0 Å². The Morgan fingerprint density at radius 2 is 2.14 bits per heavy atom. The van der Waals surface area contributed by atoms with Crippen LogP contribution in [-0.4, -0.2) is 35.1 Å². The summed E-state index contributed by atoms with van der Waals surface area (Å²) in [7, 11) is 1.36. The van der Waals surface area contributed by atoms with E-state index >= 15 is 0 Å². The fourth-order valence-electron chi connectivity index (χ4n) is 1.44. The lowest BCUT2D eigenvalue weighted by Gasteiger charge is -2.16. The third-order valence-corrected chi connectivity index (χ3v) is 2.56. The quantitative estimate of drug-likeness (QED) is 0.529. The van der Waals surface area contributed by atoms with Crippen molar-refractivity contribution in [2.24, 2.45) is 0 Å². The maximum absolute atomic E-state index is 11.6. The number of imide groups is 1. The average Bonchev–Trinajstić information content (AvgIpc) is 2.46. The monoisotopic (exact) mass is 297 g/mol. The molecule has 21 heavy (non-hydrogen) atoms. The van der Waals surface area contributed by atoms with Crippen LogP contribution < -0.4 is 15.4 Å². The molecule has 1 unspecified atom stereocenters. The molecule has 0 bridgehead atoms. The Morgan fingerprint density at radius 1 is 1.48 bits per heavy atom. The molecule has 1 aromatic carbocycles. The molecule has 0 aliphatic carbocycles. The number of nitro groups is 1. The van der Waals surface area contributed by atoms with Gasteiger partial charge in [0.15, 0.2) is 6.10 Å². The number of benzene rings is 1. The Hall–Kier alpha value is -2.68. The Balaban J connectivity index is 2.84. The molecule has 0 spiro atoms. The summed E-state index contributed by atoms with van der Waals surface area (Å²) >= 11 is 0. The number of hydrogen-bond acceptors (Lipinski definition) is 6. The van der Waals surface area contributed by atoms with Gasteiger partial charge in [0.1, 0.15) is 5.75 Å². The smallest absolute Gasteiger partial charge is 0.321 e. The summed E-state index contributed by atoms with van der Waals surface area (Å²) in [5.41, 5.74) is -0.0299. The summed E-state index contributed by atoms with van der Waals surface area (Å²) in [4.78, 5) is 32.7. The largest absolute Gasteiger partial charge is 0.481 e. The van der Waals surface area contributed by atoms with E-state index in [0.29, 0.717) is 0 Å². The molecule has 3 N–H and O–H groups in total. The molecular weight excluding hydrogens is 282 g/mol. The van der Waals surface area contributed by atoms with E-state index in [-0.39, 0.29) is 17.0 Å². The number of ether oxygens (including phenoxy) is 1. The van der Waals surface area contributed by atoms with Crippen LogP contribution in [0.15, 0.2) is 18.2 Å². The normalized spacial score (nSPS) is 11.4. The van der Waals surface area contributed by atoms with Gasteiger partial charge >= 0.3 is 6.03 Å². The maximum atomic E-state index is 11.6. The van der Waals surface area contributed by atoms with Gasteiger partial charge in [0.25, 0.3) is 11.6 Å². The van der Waals surface area contributed by atoms with Crippen molar-refractivity contribution in [2.45, 2.75) is 19.6 Å². The molecule has 0 fully saturated rings. The molecule has 1 aromatic rings. The predicted octanol–water partition coefficient (Wildman–Crippen LogP) is 0.310. The van der Waals surface area contributed by atoms with Crippen LogP contribution in [0.3, 0.4) is 0 Å². The molecule has 0 heterocycles. The standard InChI is InChI=1S/C12H15N3O6/c1-7(11(17)14-12(18)13-2)21-10-4-3-9(15(19)20)5-8(10)6-16/h3-5,7,16H,6H2,1-2H3,(H2,13,14,17,18). The van der Waals surface area contributed by atoms with Crippen LogP contribution in [-0.2, 0) is 11.4 Å². The van der Waals surface area contributed by atoms with E-state index in [1.54, 1.807) is 0 Å². The zero-order valence-corrected chi connectivity index (χ0v) is 11.5. The van der Waals surface area contributed by atoms with Crippen molar-refractivity contribution in [3.05, 3.63) is 33.9 Å². The lowest BCUT2D eigenvalue weighted by molar-refractivity contribution is -0.385. The number of amides is 3. The van der Waals surface area contributed by atoms with E-state index in [1.807, 2.05) is 5.32 Å². The number of urea groups is 1. The van der Waals surface area contributed by atoms with Crippen molar-refractivity contribution in [2.75, 3.05) is 7.05 Å². The number of aliphatic hydroxyl groups is 1. The van der Waals surface area contributed by atoms with Gasteiger partial charge in [-0.05, 0) is 13.0 Å². The number of carbonyl (C=O) groups is 2. The highest BCUT2D eigenvalue weighted by molar-refractivity contribution is 5.96. The van der Waals surface area contributed by atoms with E-state index in [9.17, 15) is 24.8 Å². The van der Waals surface area contributed by atoms with Crippen molar-refractivity contribution >= 4 is 17.6 Å². The SMILES string of the molecule is CNC(=O)NC(=O)C(C)Oc1ccc([N+](=O)[O-])cc1CO. The Kier molecular flexibility index (Phi) is 5.61. The molecule has 0 saturated heterocycles. The van der Waals surface area contributed by atoms with Gasteiger partial charge in [0.05, 0.1) is 11.5 Å². The lowest BCUT2D eigenvalue weighted by atomic mass is 10.2. The first-order valence-electron chi connectivity index (χ1n) is 5.96. The fraction of sp³-hybridized carbons (Fsp3) is 0.333. The van der Waals surface area contributed by atoms with Gasteiger partial charge in [-0.3, -0.25) is 20.2 Å². The highest BCUT2D eigenvalue weighted by Crippen LogP contribution is 2.25. The minimum absolute atomic E-state index is 0.127. The van der Waals surface area contributed by atoms with Crippen molar-refractivity contribution in [3.8, 4) is 5.75 Å². The second-order valence-electron chi connectivity index (χ2n) is 4.04. The van der Waals surface area contributed by atoms with E-state index in [2.05, 4.69) is 5.32 Å². The number of nitrogens with one attached hydrogen (secondary N) is 2. The predicted molar refractivity (Wildman–Crippen MR) is 71.7 cm³/mol. The van der Waals surface area contributed by atoms with Crippen molar-refractivity contribution < 1.29 is 24.4 Å². The molecule has 0 aromatic heterocycles. The maximum Gasteiger partial charge on any atom is 0.321 e. The summed E-state index contributed by atoms with van der Waals surface area (Å²) < 4.78 is 5.30. The van der Waals surface area contributed by atoms with Crippen LogP contribution in [0.5, 0.6) is 5.75 Å². The summed E-state index contributed by atoms with van der Waals surface area (Å²) in [6, 6.07) is 2.95. The van der Waals surface area contributed by atoms with Gasteiger partial charge in [-0.15, -0.1) is 0 Å². The Morgan fingerprint density at radius 3 is 2.67 bits per heavy atom. The van der Waals surface area contributed by atoms with Gasteiger partial charge in [-0.25, -0.2) is 4.79 Å². The number of nitrogens with zero attached hydrogens (tertiary/aromatic N) is 1. The van der Waals surface area contributed by atoms with Gasteiger partial charge < -0.3 is 15.2 Å². The second kappa shape index (κ2) is 7.20. The van der Waals surface area contributed by atoms with Crippen LogP contribution in [0.4, 0.5) is 10.5 Å². The number of rotatable bonds is 5. The van der Waals surface area contributed by atoms with Crippen LogP contribution in [0, 0.1) is 10.1 Å². The molecule has 0 saturated carbocycles. The molecule has 0 aliphatic rings. The minimum Gasteiger partial charge on any atom is -0.481 e. The zero-order valence-electron chi connectivity index (χ0n) is 11.5. The first-order chi connectivity index (χ1) is 9.88. The van der Waals surface area contributed by atoms with Crippen molar-refractivity contribution in [3.63, 3.8) is 0 Å². The van der Waals surface area contributed by atoms with Gasteiger partial charge in [-0.2, -0.15) is 0 Å². The molecule has 3 amide bonds. The molecule has 0 radical (unpaired) electrons. The highest BCUT2D eigenvalue weighted by atomic mass is 16.6. The van der Waals surface area contributed by atoms with Crippen LogP contribution in [0.1, 0.15) is 12.5 Å². The zero-order chi connectivity index (χ0) is 16.0. The number of hydrogen-bond donors (Lipinski definition) is 3. The summed E-state index contributed by atoms with van der Waals surface area (Å²) in [6.07, 6.45) is -1.02. The molecular formula is C12H15N3O6. The van der Waals surface area contributed by atoms with Gasteiger partial charge in [0, 0.05) is 24.7 Å². The molecule has 0 aliphatic heterocycles. The van der Waals surface area contributed by atoms with E-state index < -0.39 is 29.6 Å². The van der Waals surface area contributed by atoms with Crippen LogP contribution in [0.2, 0.25) is 0 Å². The van der Waals surface area contributed by atoms with Crippen LogP contribution in [0.25, 0.3) is 0 Å².